The van der Waals surface area contributed by atoms with Gasteiger partial charge in [0.25, 0.3) is 5.91 Å². The smallest absolute Gasteiger partial charge is 0.259 e. The fourth-order valence-corrected chi connectivity index (χ4v) is 3.19. The molecule has 16 heavy (non-hydrogen) atoms. The van der Waals surface area contributed by atoms with Gasteiger partial charge in [-0.2, -0.15) is 0 Å². The zero-order chi connectivity index (χ0) is 11.4. The molecule has 0 saturated carbocycles. The van der Waals surface area contributed by atoms with E-state index in [0.717, 1.165) is 10.6 Å². The second-order valence-corrected chi connectivity index (χ2v) is 5.06. The molecule has 3 nitrogen and oxygen atoms in total. The first-order valence-electron chi connectivity index (χ1n) is 4.66. The van der Waals surface area contributed by atoms with Gasteiger partial charge in [0.15, 0.2) is 0 Å². The van der Waals surface area contributed by atoms with Crippen molar-refractivity contribution in [3.63, 3.8) is 0 Å². The van der Waals surface area contributed by atoms with Crippen LogP contribution in [0.3, 0.4) is 0 Å². The molecule has 0 saturated heterocycles. The number of nitrogens with two attached hydrogens (primary N) is 1. The number of nitrogens with zero attached hydrogens (tertiary/aromatic N) is 1. The monoisotopic (exact) mass is 250 g/mol. The van der Waals surface area contributed by atoms with E-state index in [2.05, 4.69) is 4.98 Å². The van der Waals surface area contributed by atoms with E-state index in [1.165, 1.54) is 16.9 Å². The van der Waals surface area contributed by atoms with Gasteiger partial charge in [-0.1, -0.05) is 0 Å². The number of aromatic nitrogens is 1. The number of primary amides is 1. The molecule has 0 spiro atoms. The lowest BCUT2D eigenvalue weighted by molar-refractivity contribution is 0.100. The fraction of sp³-hybridized carbons (Fsp3) is 0.0909. The molecule has 0 fully saturated rings. The van der Waals surface area contributed by atoms with Gasteiger partial charge in [-0.05, 0) is 29.1 Å². The highest BCUT2D eigenvalue weighted by Gasteiger charge is 2.09. The normalized spacial score (nSPS) is 10.2. The van der Waals surface area contributed by atoms with Gasteiger partial charge in [0.2, 0.25) is 0 Å². The molecule has 2 N–H and O–H groups in total. The third kappa shape index (κ3) is 2.62. The number of carbonyl (C=O) groups excluding carboxylic acids is 1. The van der Waals surface area contributed by atoms with E-state index in [9.17, 15) is 4.79 Å². The first kappa shape index (κ1) is 11.2. The SMILES string of the molecule is NC(=O)c1sccc1SCc1ccncc1. The van der Waals surface area contributed by atoms with Gasteiger partial charge in [0.1, 0.15) is 4.88 Å². The van der Waals surface area contributed by atoms with E-state index in [1.807, 2.05) is 23.6 Å². The van der Waals surface area contributed by atoms with E-state index >= 15 is 0 Å². The summed E-state index contributed by atoms with van der Waals surface area (Å²) >= 11 is 3.00. The number of hydrogen-bond donors (Lipinski definition) is 1. The van der Waals surface area contributed by atoms with Crippen molar-refractivity contribution in [2.24, 2.45) is 5.73 Å². The number of thiophene rings is 1. The summed E-state index contributed by atoms with van der Waals surface area (Å²) in [6.45, 7) is 0. The number of pyridine rings is 1. The molecule has 2 aromatic heterocycles. The fourth-order valence-electron chi connectivity index (χ4n) is 1.23. The Labute approximate surface area is 102 Å². The van der Waals surface area contributed by atoms with Gasteiger partial charge >= 0.3 is 0 Å². The molecule has 1 amide bonds. The lowest BCUT2D eigenvalue weighted by atomic mass is 10.3. The van der Waals surface area contributed by atoms with Crippen molar-refractivity contribution in [3.05, 3.63) is 46.4 Å². The molecule has 5 heteroatoms. The molecule has 0 bridgehead atoms. The number of amides is 1. The zero-order valence-corrected chi connectivity index (χ0v) is 10.1. The summed E-state index contributed by atoms with van der Waals surface area (Å²) in [7, 11) is 0. The van der Waals surface area contributed by atoms with E-state index in [1.54, 1.807) is 24.2 Å². The first-order valence-corrected chi connectivity index (χ1v) is 6.53. The van der Waals surface area contributed by atoms with Crippen molar-refractivity contribution >= 4 is 29.0 Å². The zero-order valence-electron chi connectivity index (χ0n) is 8.42. The average molecular weight is 250 g/mol. The minimum atomic E-state index is -0.354. The van der Waals surface area contributed by atoms with E-state index < -0.39 is 0 Å². The standard InChI is InChI=1S/C11H10N2OS2/c12-11(14)10-9(3-6-15-10)16-7-8-1-4-13-5-2-8/h1-6H,7H2,(H2,12,14). The Balaban J connectivity index is 2.05. The van der Waals surface area contributed by atoms with Crippen molar-refractivity contribution in [2.75, 3.05) is 0 Å². The Bertz CT molecular complexity index is 482. The van der Waals surface area contributed by atoms with Crippen LogP contribution in [0.1, 0.15) is 15.2 Å². The summed E-state index contributed by atoms with van der Waals surface area (Å²) in [6.07, 6.45) is 3.52. The maximum absolute atomic E-state index is 11.1. The van der Waals surface area contributed by atoms with Crippen LogP contribution in [0.2, 0.25) is 0 Å². The second kappa shape index (κ2) is 5.14. The summed E-state index contributed by atoms with van der Waals surface area (Å²) in [5, 5.41) is 1.88. The summed E-state index contributed by atoms with van der Waals surface area (Å²) in [4.78, 5) is 16.6. The van der Waals surface area contributed by atoms with Gasteiger partial charge in [-0.15, -0.1) is 23.1 Å². The molecule has 0 aliphatic heterocycles. The summed E-state index contributed by atoms with van der Waals surface area (Å²) < 4.78 is 0. The van der Waals surface area contributed by atoms with Crippen LogP contribution in [-0.4, -0.2) is 10.9 Å². The summed E-state index contributed by atoms with van der Waals surface area (Å²) in [6, 6.07) is 5.85. The molecular formula is C11H10N2OS2. The molecule has 2 aromatic rings. The predicted molar refractivity (Wildman–Crippen MR) is 66.6 cm³/mol. The lowest BCUT2D eigenvalue weighted by Crippen LogP contribution is -2.09. The number of rotatable bonds is 4. The Kier molecular flexibility index (Phi) is 3.58. The quantitative estimate of drug-likeness (QED) is 0.848. The highest BCUT2D eigenvalue weighted by molar-refractivity contribution is 7.98. The number of thioether (sulfide) groups is 1. The van der Waals surface area contributed by atoms with Crippen LogP contribution in [0.25, 0.3) is 0 Å². The van der Waals surface area contributed by atoms with Crippen LogP contribution < -0.4 is 5.73 Å². The molecule has 0 radical (unpaired) electrons. The van der Waals surface area contributed by atoms with Gasteiger partial charge in [0.05, 0.1) is 0 Å². The van der Waals surface area contributed by atoms with E-state index in [-0.39, 0.29) is 5.91 Å². The number of hydrogen-bond acceptors (Lipinski definition) is 4. The molecule has 0 aromatic carbocycles. The van der Waals surface area contributed by atoms with Gasteiger partial charge < -0.3 is 5.73 Å². The van der Waals surface area contributed by atoms with Crippen LogP contribution >= 0.6 is 23.1 Å². The molecule has 82 valence electrons. The van der Waals surface area contributed by atoms with E-state index in [4.69, 9.17) is 5.73 Å². The third-order valence-electron chi connectivity index (χ3n) is 2.00. The highest BCUT2D eigenvalue weighted by Crippen LogP contribution is 2.29. The Hall–Kier alpha value is -1.33. The van der Waals surface area contributed by atoms with Crippen molar-refractivity contribution in [1.82, 2.24) is 4.98 Å². The molecule has 0 aliphatic rings. The van der Waals surface area contributed by atoms with Crippen molar-refractivity contribution < 1.29 is 4.79 Å². The minimum Gasteiger partial charge on any atom is -0.365 e. The Morgan fingerprint density at radius 1 is 1.38 bits per heavy atom. The van der Waals surface area contributed by atoms with Crippen LogP contribution in [-0.2, 0) is 5.75 Å². The molecule has 2 heterocycles. The van der Waals surface area contributed by atoms with Gasteiger partial charge in [0, 0.05) is 23.0 Å². The molecule has 0 atom stereocenters. The highest BCUT2D eigenvalue weighted by atomic mass is 32.2. The average Bonchev–Trinajstić information content (AvgIpc) is 2.76. The van der Waals surface area contributed by atoms with Crippen molar-refractivity contribution in [3.8, 4) is 0 Å². The topological polar surface area (TPSA) is 56.0 Å². The third-order valence-corrected chi connectivity index (χ3v) is 4.18. The van der Waals surface area contributed by atoms with Crippen LogP contribution in [0.5, 0.6) is 0 Å². The first-order chi connectivity index (χ1) is 7.77. The lowest BCUT2D eigenvalue weighted by Gasteiger charge is -2.01. The van der Waals surface area contributed by atoms with Crippen LogP contribution in [0, 0.1) is 0 Å². The summed E-state index contributed by atoms with van der Waals surface area (Å²) in [5.74, 6) is 0.465. The van der Waals surface area contributed by atoms with Crippen LogP contribution in [0.15, 0.2) is 40.9 Å². The maximum Gasteiger partial charge on any atom is 0.259 e. The number of carbonyl (C=O) groups is 1. The molecule has 2 rings (SSSR count). The largest absolute Gasteiger partial charge is 0.365 e. The Morgan fingerprint density at radius 3 is 2.81 bits per heavy atom. The molecular weight excluding hydrogens is 240 g/mol. The predicted octanol–water partition coefficient (Wildman–Crippen LogP) is 2.53. The molecule has 0 aliphatic carbocycles. The maximum atomic E-state index is 11.1. The van der Waals surface area contributed by atoms with Crippen molar-refractivity contribution in [2.45, 2.75) is 10.6 Å². The van der Waals surface area contributed by atoms with Crippen LogP contribution in [0.4, 0.5) is 0 Å². The van der Waals surface area contributed by atoms with Gasteiger partial charge in [-0.25, -0.2) is 0 Å². The van der Waals surface area contributed by atoms with Gasteiger partial charge in [-0.3, -0.25) is 9.78 Å². The van der Waals surface area contributed by atoms with E-state index in [0.29, 0.717) is 4.88 Å². The second-order valence-electron chi connectivity index (χ2n) is 3.12. The van der Waals surface area contributed by atoms with Crippen molar-refractivity contribution in [1.29, 1.82) is 0 Å². The molecule has 0 unspecified atom stereocenters. The minimum absolute atomic E-state index is 0.354. The summed E-state index contributed by atoms with van der Waals surface area (Å²) in [5.41, 5.74) is 6.46. The Morgan fingerprint density at radius 2 is 2.12 bits per heavy atom.